The van der Waals surface area contributed by atoms with Crippen molar-refractivity contribution in [3.63, 3.8) is 0 Å². The van der Waals surface area contributed by atoms with Gasteiger partial charge in [0.2, 0.25) is 0 Å². The Hall–Kier alpha value is -0.930. The fraction of sp³-hybridized carbons (Fsp3) is 0.333. The quantitative estimate of drug-likeness (QED) is 0.699. The maximum Gasteiger partial charge on any atom is 0.326 e. The van der Waals surface area contributed by atoms with E-state index in [0.717, 1.165) is 6.26 Å². The van der Waals surface area contributed by atoms with E-state index in [1.54, 1.807) is 6.07 Å². The van der Waals surface area contributed by atoms with Crippen LogP contribution in [0, 0.1) is 0 Å². The summed E-state index contributed by atoms with van der Waals surface area (Å²) in [5.74, 6) is -2.18. The van der Waals surface area contributed by atoms with E-state index in [1.807, 2.05) is 0 Å². The molecule has 2 N–H and O–H groups in total. The Balaban J connectivity index is 2.83. The SMILES string of the molecule is CS(=O)(=O)CCC(NC(=O)c1cc(Br)cc(Br)c1)C(=O)O. The number of benzene rings is 1. The van der Waals surface area contributed by atoms with Gasteiger partial charge in [-0.3, -0.25) is 4.79 Å². The lowest BCUT2D eigenvalue weighted by Crippen LogP contribution is -2.41. The van der Waals surface area contributed by atoms with Crippen molar-refractivity contribution >= 4 is 53.6 Å². The zero-order chi connectivity index (χ0) is 16.2. The summed E-state index contributed by atoms with van der Waals surface area (Å²) < 4.78 is 23.5. The first-order chi connectivity index (χ1) is 9.58. The lowest BCUT2D eigenvalue weighted by atomic mass is 10.1. The third-order valence-electron chi connectivity index (χ3n) is 2.51. The largest absolute Gasteiger partial charge is 0.480 e. The minimum Gasteiger partial charge on any atom is -0.480 e. The zero-order valence-electron chi connectivity index (χ0n) is 11.0. The first-order valence-electron chi connectivity index (χ1n) is 5.76. The summed E-state index contributed by atoms with van der Waals surface area (Å²) in [5.41, 5.74) is 0.266. The first kappa shape index (κ1) is 18.1. The molecule has 116 valence electrons. The summed E-state index contributed by atoms with van der Waals surface area (Å²) in [6, 6.07) is 3.55. The van der Waals surface area contributed by atoms with E-state index in [2.05, 4.69) is 37.2 Å². The molecule has 0 radical (unpaired) electrons. The van der Waals surface area contributed by atoms with Gasteiger partial charge >= 0.3 is 5.97 Å². The molecule has 1 aromatic carbocycles. The van der Waals surface area contributed by atoms with E-state index in [4.69, 9.17) is 5.11 Å². The van der Waals surface area contributed by atoms with Crippen LogP contribution in [0.3, 0.4) is 0 Å². The van der Waals surface area contributed by atoms with E-state index in [1.165, 1.54) is 12.1 Å². The number of sulfone groups is 1. The molecule has 1 rings (SSSR count). The van der Waals surface area contributed by atoms with Gasteiger partial charge in [-0.1, -0.05) is 31.9 Å². The molecule has 0 saturated heterocycles. The Morgan fingerprint density at radius 1 is 1.24 bits per heavy atom. The molecule has 0 spiro atoms. The minimum atomic E-state index is -3.30. The molecule has 0 aliphatic rings. The van der Waals surface area contributed by atoms with Crippen LogP contribution in [0.2, 0.25) is 0 Å². The van der Waals surface area contributed by atoms with Gasteiger partial charge in [-0.15, -0.1) is 0 Å². The predicted octanol–water partition coefficient (Wildman–Crippen LogP) is 1.83. The minimum absolute atomic E-state index is 0.185. The Labute approximate surface area is 139 Å². The second-order valence-corrected chi connectivity index (χ2v) is 8.53. The van der Waals surface area contributed by atoms with Gasteiger partial charge in [0.15, 0.2) is 0 Å². The molecule has 1 unspecified atom stereocenters. The van der Waals surface area contributed by atoms with Gasteiger partial charge in [0.25, 0.3) is 5.91 Å². The van der Waals surface area contributed by atoms with Crippen molar-refractivity contribution in [2.45, 2.75) is 12.5 Å². The van der Waals surface area contributed by atoms with E-state index < -0.39 is 27.8 Å². The van der Waals surface area contributed by atoms with Crippen LogP contribution < -0.4 is 5.32 Å². The summed E-state index contributed by atoms with van der Waals surface area (Å²) in [4.78, 5) is 23.1. The van der Waals surface area contributed by atoms with E-state index in [-0.39, 0.29) is 17.7 Å². The van der Waals surface area contributed by atoms with Gasteiger partial charge in [-0.25, -0.2) is 13.2 Å². The van der Waals surface area contributed by atoms with Crippen LogP contribution in [0.5, 0.6) is 0 Å². The number of hydrogen-bond donors (Lipinski definition) is 2. The van der Waals surface area contributed by atoms with Gasteiger partial charge in [0.1, 0.15) is 15.9 Å². The average Bonchev–Trinajstić information content (AvgIpc) is 2.31. The van der Waals surface area contributed by atoms with Gasteiger partial charge in [-0.2, -0.15) is 0 Å². The van der Waals surface area contributed by atoms with Crippen molar-refractivity contribution in [2.75, 3.05) is 12.0 Å². The third-order valence-corrected chi connectivity index (χ3v) is 4.40. The topological polar surface area (TPSA) is 101 Å². The molecule has 21 heavy (non-hydrogen) atoms. The third kappa shape index (κ3) is 6.58. The molecule has 9 heteroatoms. The van der Waals surface area contributed by atoms with Crippen LogP contribution in [0.15, 0.2) is 27.1 Å². The molecule has 0 aliphatic carbocycles. The highest BCUT2D eigenvalue weighted by Gasteiger charge is 2.22. The molecule has 0 aromatic heterocycles. The maximum atomic E-state index is 12.0. The van der Waals surface area contributed by atoms with Crippen molar-refractivity contribution in [3.8, 4) is 0 Å². The molecule has 0 aliphatic heterocycles. The van der Waals surface area contributed by atoms with Gasteiger partial charge < -0.3 is 10.4 Å². The molecular formula is C12H13Br2NO5S. The number of carboxylic acids is 1. The van der Waals surface area contributed by atoms with Crippen LogP contribution >= 0.6 is 31.9 Å². The zero-order valence-corrected chi connectivity index (χ0v) is 15.0. The normalized spacial score (nSPS) is 12.7. The summed E-state index contributed by atoms with van der Waals surface area (Å²) >= 11 is 6.46. The summed E-state index contributed by atoms with van der Waals surface area (Å²) in [5, 5.41) is 11.4. The second kappa shape index (κ2) is 7.37. The highest BCUT2D eigenvalue weighted by Crippen LogP contribution is 2.20. The number of nitrogens with one attached hydrogen (secondary N) is 1. The van der Waals surface area contributed by atoms with Crippen LogP contribution in [-0.2, 0) is 14.6 Å². The second-order valence-electron chi connectivity index (χ2n) is 4.44. The van der Waals surface area contributed by atoms with Crippen LogP contribution in [0.25, 0.3) is 0 Å². The summed E-state index contributed by atoms with van der Waals surface area (Å²) in [6.07, 6.45) is 0.828. The Morgan fingerprint density at radius 3 is 2.19 bits per heavy atom. The molecular weight excluding hydrogens is 430 g/mol. The van der Waals surface area contributed by atoms with Crippen molar-refractivity contribution in [1.29, 1.82) is 0 Å². The number of amides is 1. The summed E-state index contributed by atoms with van der Waals surface area (Å²) in [7, 11) is -3.30. The van der Waals surface area contributed by atoms with E-state index in [9.17, 15) is 18.0 Å². The molecule has 0 saturated carbocycles. The number of hydrogen-bond acceptors (Lipinski definition) is 4. The van der Waals surface area contributed by atoms with Gasteiger partial charge in [-0.05, 0) is 24.6 Å². The monoisotopic (exact) mass is 441 g/mol. The summed E-state index contributed by atoms with van der Waals surface area (Å²) in [6.45, 7) is 0. The number of halogens is 2. The first-order valence-corrected chi connectivity index (χ1v) is 9.40. The van der Waals surface area contributed by atoms with Crippen LogP contribution in [0.4, 0.5) is 0 Å². The number of rotatable bonds is 6. The number of carbonyl (C=O) groups excluding carboxylic acids is 1. The van der Waals surface area contributed by atoms with Gasteiger partial charge in [0, 0.05) is 20.8 Å². The number of aliphatic carboxylic acids is 1. The number of carbonyl (C=O) groups is 2. The molecule has 0 heterocycles. The smallest absolute Gasteiger partial charge is 0.326 e. The lowest BCUT2D eigenvalue weighted by Gasteiger charge is -2.14. The highest BCUT2D eigenvalue weighted by molar-refractivity contribution is 9.11. The number of carboxylic acid groups (broad SMARTS) is 1. The Bertz CT molecular complexity index is 639. The Kier molecular flexibility index (Phi) is 6.36. The Morgan fingerprint density at radius 2 is 1.76 bits per heavy atom. The lowest BCUT2D eigenvalue weighted by molar-refractivity contribution is -0.139. The van der Waals surface area contributed by atoms with Crippen LogP contribution in [0.1, 0.15) is 16.8 Å². The maximum absolute atomic E-state index is 12.0. The van der Waals surface area contributed by atoms with Crippen molar-refractivity contribution < 1.29 is 23.1 Å². The highest BCUT2D eigenvalue weighted by atomic mass is 79.9. The van der Waals surface area contributed by atoms with Crippen molar-refractivity contribution in [2.24, 2.45) is 0 Å². The molecule has 1 atom stereocenters. The average molecular weight is 443 g/mol. The van der Waals surface area contributed by atoms with E-state index >= 15 is 0 Å². The van der Waals surface area contributed by atoms with Crippen LogP contribution in [-0.4, -0.2) is 43.5 Å². The predicted molar refractivity (Wildman–Crippen MR) is 85.1 cm³/mol. The fourth-order valence-electron chi connectivity index (χ4n) is 1.52. The van der Waals surface area contributed by atoms with Crippen molar-refractivity contribution in [3.05, 3.63) is 32.7 Å². The standard InChI is InChI=1S/C12H13Br2NO5S/c1-21(19,20)3-2-10(12(17)18)15-11(16)7-4-8(13)6-9(14)5-7/h4-6,10H,2-3H2,1H3,(H,15,16)(H,17,18). The van der Waals surface area contributed by atoms with Crippen molar-refractivity contribution in [1.82, 2.24) is 5.32 Å². The van der Waals surface area contributed by atoms with E-state index in [0.29, 0.717) is 8.95 Å². The van der Waals surface area contributed by atoms with Gasteiger partial charge in [0.05, 0.1) is 5.75 Å². The molecule has 0 bridgehead atoms. The molecule has 1 amide bonds. The molecule has 0 fully saturated rings. The molecule has 1 aromatic rings. The fourth-order valence-corrected chi connectivity index (χ4v) is 3.47. The molecule has 6 nitrogen and oxygen atoms in total.